The Morgan fingerprint density at radius 3 is 2.30 bits per heavy atom. The molecule has 0 aliphatic heterocycles. The quantitative estimate of drug-likeness (QED) is 0.459. The van der Waals surface area contributed by atoms with Crippen LogP contribution >= 0.6 is 0 Å². The van der Waals surface area contributed by atoms with E-state index in [1.54, 1.807) is 24.3 Å². The van der Waals surface area contributed by atoms with Gasteiger partial charge in [-0.1, -0.05) is 36.4 Å². The van der Waals surface area contributed by atoms with Crippen LogP contribution in [-0.4, -0.2) is 18.4 Å². The highest BCUT2D eigenvalue weighted by molar-refractivity contribution is 5.99. The lowest BCUT2D eigenvalue weighted by Crippen LogP contribution is -2.14. The Balaban J connectivity index is 1.56. The van der Waals surface area contributed by atoms with E-state index in [4.69, 9.17) is 9.47 Å². The average molecular weight is 364 g/mol. The van der Waals surface area contributed by atoms with Gasteiger partial charge in [0.05, 0.1) is 5.56 Å². The third-order valence-corrected chi connectivity index (χ3v) is 3.82. The SMILES string of the molecule is O=C(COC(=O)c1cccc(OCc2ccccc2)c1)c1ccc(F)cc1. The second-order valence-electron chi connectivity index (χ2n) is 5.81. The van der Waals surface area contributed by atoms with E-state index in [-0.39, 0.29) is 11.1 Å². The van der Waals surface area contributed by atoms with Crippen molar-refractivity contribution in [2.24, 2.45) is 0 Å². The van der Waals surface area contributed by atoms with Crippen LogP contribution in [0.5, 0.6) is 5.75 Å². The first-order valence-electron chi connectivity index (χ1n) is 8.34. The molecule has 0 N–H and O–H groups in total. The topological polar surface area (TPSA) is 52.6 Å². The van der Waals surface area contributed by atoms with Crippen LogP contribution in [0.25, 0.3) is 0 Å². The van der Waals surface area contributed by atoms with Gasteiger partial charge in [0.1, 0.15) is 18.2 Å². The minimum absolute atomic E-state index is 0.282. The number of rotatable bonds is 7. The van der Waals surface area contributed by atoms with Crippen LogP contribution in [0.4, 0.5) is 4.39 Å². The minimum Gasteiger partial charge on any atom is -0.489 e. The summed E-state index contributed by atoms with van der Waals surface area (Å²) >= 11 is 0. The number of hydrogen-bond acceptors (Lipinski definition) is 4. The van der Waals surface area contributed by atoms with Crippen molar-refractivity contribution >= 4 is 11.8 Å². The largest absolute Gasteiger partial charge is 0.489 e. The van der Waals surface area contributed by atoms with Crippen LogP contribution in [0, 0.1) is 5.82 Å². The van der Waals surface area contributed by atoms with Crippen molar-refractivity contribution < 1.29 is 23.5 Å². The first kappa shape index (κ1) is 18.3. The number of carbonyl (C=O) groups is 2. The lowest BCUT2D eigenvalue weighted by Gasteiger charge is -2.08. The molecular formula is C22H17FO4. The van der Waals surface area contributed by atoms with Crippen LogP contribution in [0.2, 0.25) is 0 Å². The second kappa shape index (κ2) is 8.76. The highest BCUT2D eigenvalue weighted by Crippen LogP contribution is 2.16. The van der Waals surface area contributed by atoms with Crippen LogP contribution in [0.15, 0.2) is 78.9 Å². The molecule has 0 fully saturated rings. The number of ether oxygens (including phenoxy) is 2. The molecule has 5 heteroatoms. The predicted molar refractivity (Wildman–Crippen MR) is 98.2 cm³/mol. The summed E-state index contributed by atoms with van der Waals surface area (Å²) in [4.78, 5) is 24.2. The zero-order valence-corrected chi connectivity index (χ0v) is 14.4. The number of halogens is 1. The van der Waals surface area contributed by atoms with E-state index >= 15 is 0 Å². The normalized spacial score (nSPS) is 10.3. The monoisotopic (exact) mass is 364 g/mol. The van der Waals surface area contributed by atoms with Gasteiger partial charge in [0.2, 0.25) is 0 Å². The van der Waals surface area contributed by atoms with Crippen molar-refractivity contribution in [1.29, 1.82) is 0 Å². The Bertz CT molecular complexity index is 921. The molecule has 3 rings (SSSR count). The van der Waals surface area contributed by atoms with E-state index in [2.05, 4.69) is 0 Å². The molecule has 0 aliphatic rings. The Morgan fingerprint density at radius 1 is 0.815 bits per heavy atom. The Labute approximate surface area is 156 Å². The summed E-state index contributed by atoms with van der Waals surface area (Å²) in [6.07, 6.45) is 0. The van der Waals surface area contributed by atoms with Crippen molar-refractivity contribution in [3.8, 4) is 5.75 Å². The standard InChI is InChI=1S/C22H17FO4/c23-19-11-9-17(10-12-19)21(24)15-27-22(25)18-7-4-8-20(13-18)26-14-16-5-2-1-3-6-16/h1-13H,14-15H2. The number of esters is 1. The van der Waals surface area contributed by atoms with Crippen molar-refractivity contribution in [3.63, 3.8) is 0 Å². The fourth-order valence-corrected chi connectivity index (χ4v) is 2.39. The molecule has 0 bridgehead atoms. The summed E-state index contributed by atoms with van der Waals surface area (Å²) < 4.78 is 23.6. The van der Waals surface area contributed by atoms with Gasteiger partial charge in [-0.15, -0.1) is 0 Å². The number of Topliss-reactive ketones (excluding diaryl/α,β-unsaturated/α-hetero) is 1. The van der Waals surface area contributed by atoms with Crippen molar-refractivity contribution in [3.05, 3.63) is 101 Å². The highest BCUT2D eigenvalue weighted by atomic mass is 19.1. The predicted octanol–water partition coefficient (Wildman–Crippen LogP) is 4.44. The van der Waals surface area contributed by atoms with E-state index in [0.717, 1.165) is 5.56 Å². The molecule has 3 aromatic carbocycles. The second-order valence-corrected chi connectivity index (χ2v) is 5.81. The fraction of sp³-hybridized carbons (Fsp3) is 0.0909. The molecule has 0 aromatic heterocycles. The molecule has 0 saturated carbocycles. The summed E-state index contributed by atoms with van der Waals surface area (Å²) in [6.45, 7) is -0.0397. The third kappa shape index (κ3) is 5.25. The molecule has 0 saturated heterocycles. The van der Waals surface area contributed by atoms with Gasteiger partial charge in [-0.25, -0.2) is 9.18 Å². The lowest BCUT2D eigenvalue weighted by molar-refractivity contribution is 0.0474. The molecule has 136 valence electrons. The fourth-order valence-electron chi connectivity index (χ4n) is 2.39. The van der Waals surface area contributed by atoms with Crippen molar-refractivity contribution in [2.75, 3.05) is 6.61 Å². The number of hydrogen-bond donors (Lipinski definition) is 0. The van der Waals surface area contributed by atoms with Gasteiger partial charge in [0.15, 0.2) is 12.4 Å². The molecule has 4 nitrogen and oxygen atoms in total. The summed E-state index contributed by atoms with van der Waals surface area (Å²) in [6, 6.07) is 21.3. The maximum Gasteiger partial charge on any atom is 0.338 e. The average Bonchev–Trinajstić information content (AvgIpc) is 2.72. The zero-order valence-electron chi connectivity index (χ0n) is 14.4. The molecule has 0 unspecified atom stereocenters. The van der Waals surface area contributed by atoms with Gasteiger partial charge in [-0.3, -0.25) is 4.79 Å². The molecule has 3 aromatic rings. The zero-order chi connectivity index (χ0) is 19.1. The highest BCUT2D eigenvalue weighted by Gasteiger charge is 2.12. The van der Waals surface area contributed by atoms with E-state index < -0.39 is 24.2 Å². The van der Waals surface area contributed by atoms with Gasteiger partial charge in [0.25, 0.3) is 0 Å². The number of ketones is 1. The molecule has 0 spiro atoms. The van der Waals surface area contributed by atoms with E-state index in [1.807, 2.05) is 30.3 Å². The van der Waals surface area contributed by atoms with E-state index in [1.165, 1.54) is 24.3 Å². The van der Waals surface area contributed by atoms with Gasteiger partial charge in [0, 0.05) is 5.56 Å². The van der Waals surface area contributed by atoms with Crippen LogP contribution < -0.4 is 4.74 Å². The molecule has 0 heterocycles. The third-order valence-electron chi connectivity index (χ3n) is 3.82. The summed E-state index contributed by atoms with van der Waals surface area (Å²) in [7, 11) is 0. The molecule has 27 heavy (non-hydrogen) atoms. The lowest BCUT2D eigenvalue weighted by atomic mass is 10.1. The first-order chi connectivity index (χ1) is 13.1. The van der Waals surface area contributed by atoms with E-state index in [9.17, 15) is 14.0 Å². The maximum absolute atomic E-state index is 12.9. The molecule has 0 aliphatic carbocycles. The Kier molecular flexibility index (Phi) is 5.94. The van der Waals surface area contributed by atoms with Gasteiger partial charge in [-0.2, -0.15) is 0 Å². The molecular weight excluding hydrogens is 347 g/mol. The van der Waals surface area contributed by atoms with Crippen LogP contribution in [0.3, 0.4) is 0 Å². The number of carbonyl (C=O) groups excluding carboxylic acids is 2. The number of benzene rings is 3. The summed E-state index contributed by atoms with van der Waals surface area (Å²) in [5, 5.41) is 0. The Hall–Kier alpha value is -3.47. The van der Waals surface area contributed by atoms with Crippen LogP contribution in [0.1, 0.15) is 26.3 Å². The van der Waals surface area contributed by atoms with Gasteiger partial charge in [-0.05, 0) is 48.0 Å². The molecule has 0 radical (unpaired) electrons. The van der Waals surface area contributed by atoms with Crippen molar-refractivity contribution in [2.45, 2.75) is 6.61 Å². The smallest absolute Gasteiger partial charge is 0.338 e. The van der Waals surface area contributed by atoms with Gasteiger partial charge < -0.3 is 9.47 Å². The maximum atomic E-state index is 12.9. The van der Waals surface area contributed by atoms with Crippen LogP contribution in [-0.2, 0) is 11.3 Å². The molecule has 0 atom stereocenters. The summed E-state index contributed by atoms with van der Waals surface area (Å²) in [5.74, 6) is -0.940. The minimum atomic E-state index is -0.629. The van der Waals surface area contributed by atoms with Crippen molar-refractivity contribution in [1.82, 2.24) is 0 Å². The first-order valence-corrected chi connectivity index (χ1v) is 8.34. The molecule has 0 amide bonds. The summed E-state index contributed by atoms with van der Waals surface area (Å²) in [5.41, 5.74) is 1.58. The van der Waals surface area contributed by atoms with E-state index in [0.29, 0.717) is 12.4 Å². The van der Waals surface area contributed by atoms with Gasteiger partial charge >= 0.3 is 5.97 Å². The Morgan fingerprint density at radius 2 is 1.56 bits per heavy atom.